The minimum atomic E-state index is 0.105. The molecule has 6 heteroatoms. The van der Waals surface area contributed by atoms with Crippen LogP contribution in [0.5, 0.6) is 5.75 Å². The summed E-state index contributed by atoms with van der Waals surface area (Å²) in [6, 6.07) is 11.7. The van der Waals surface area contributed by atoms with Crippen molar-refractivity contribution in [2.75, 3.05) is 45.9 Å². The highest BCUT2D eigenvalue weighted by Crippen LogP contribution is 2.22. The minimum absolute atomic E-state index is 0.105. The first-order chi connectivity index (χ1) is 15.8. The zero-order chi connectivity index (χ0) is 22.0. The van der Waals surface area contributed by atoms with Crippen molar-refractivity contribution in [1.29, 1.82) is 0 Å². The first-order valence-electron chi connectivity index (χ1n) is 11.6. The number of nitrogens with zero attached hydrogens (tertiary/aromatic N) is 3. The number of aromatic nitrogens is 1. The van der Waals surface area contributed by atoms with E-state index in [0.717, 1.165) is 81.6 Å². The molecule has 170 valence electrons. The van der Waals surface area contributed by atoms with Crippen molar-refractivity contribution in [2.45, 2.75) is 25.9 Å². The molecule has 2 aliphatic heterocycles. The smallest absolute Gasteiger partial charge is 0.246 e. The van der Waals surface area contributed by atoms with E-state index in [9.17, 15) is 4.79 Å². The van der Waals surface area contributed by atoms with Gasteiger partial charge in [0.15, 0.2) is 0 Å². The van der Waals surface area contributed by atoms with Crippen LogP contribution < -0.4 is 4.74 Å². The molecular weight excluding hydrogens is 402 g/mol. The Labute approximate surface area is 190 Å². The summed E-state index contributed by atoms with van der Waals surface area (Å²) in [7, 11) is 0. The Kier molecular flexibility index (Phi) is 8.29. The van der Waals surface area contributed by atoms with Gasteiger partial charge in [-0.3, -0.25) is 14.7 Å². The van der Waals surface area contributed by atoms with Crippen LogP contribution in [0.25, 0.3) is 6.08 Å². The van der Waals surface area contributed by atoms with Crippen molar-refractivity contribution in [2.24, 2.45) is 5.92 Å². The van der Waals surface area contributed by atoms with Gasteiger partial charge in [0.25, 0.3) is 0 Å². The lowest BCUT2D eigenvalue weighted by Crippen LogP contribution is -2.40. The number of benzene rings is 1. The van der Waals surface area contributed by atoms with Crippen LogP contribution in [0.3, 0.4) is 0 Å². The summed E-state index contributed by atoms with van der Waals surface area (Å²) in [6.45, 7) is 7.20. The van der Waals surface area contributed by atoms with Crippen LogP contribution in [0.4, 0.5) is 0 Å². The summed E-state index contributed by atoms with van der Waals surface area (Å²) in [6.07, 6.45) is 10.6. The van der Waals surface area contributed by atoms with E-state index in [1.165, 1.54) is 6.42 Å². The molecule has 1 amide bonds. The molecule has 3 heterocycles. The molecule has 1 aromatic carbocycles. The average Bonchev–Trinajstić information content (AvgIpc) is 2.87. The maximum absolute atomic E-state index is 12.6. The number of morpholine rings is 1. The lowest BCUT2D eigenvalue weighted by Gasteiger charge is -2.33. The Morgan fingerprint density at radius 2 is 1.88 bits per heavy atom. The van der Waals surface area contributed by atoms with Crippen molar-refractivity contribution in [3.63, 3.8) is 0 Å². The van der Waals surface area contributed by atoms with Crippen molar-refractivity contribution >= 4 is 12.0 Å². The summed E-state index contributed by atoms with van der Waals surface area (Å²) in [5.41, 5.74) is 2.03. The quantitative estimate of drug-likeness (QED) is 0.593. The average molecular weight is 436 g/mol. The van der Waals surface area contributed by atoms with Crippen LogP contribution in [-0.2, 0) is 16.1 Å². The molecule has 2 aromatic rings. The summed E-state index contributed by atoms with van der Waals surface area (Å²) in [5, 5.41) is 0. The van der Waals surface area contributed by atoms with Crippen LogP contribution in [-0.4, -0.2) is 66.6 Å². The molecule has 0 unspecified atom stereocenters. The number of carbonyl (C=O) groups excluding carboxylic acids is 1. The molecule has 0 bridgehead atoms. The number of pyridine rings is 1. The fourth-order valence-electron chi connectivity index (χ4n) is 4.23. The number of carbonyl (C=O) groups is 1. The van der Waals surface area contributed by atoms with Crippen LogP contribution >= 0.6 is 0 Å². The molecule has 1 aromatic heterocycles. The van der Waals surface area contributed by atoms with Crippen LogP contribution in [0.1, 0.15) is 30.4 Å². The molecule has 2 fully saturated rings. The fraction of sp³-hybridized carbons (Fsp3) is 0.462. The zero-order valence-corrected chi connectivity index (χ0v) is 18.7. The third-order valence-corrected chi connectivity index (χ3v) is 6.31. The van der Waals surface area contributed by atoms with Gasteiger partial charge in [-0.1, -0.05) is 18.2 Å². The third kappa shape index (κ3) is 6.90. The molecular formula is C26H33N3O3. The first kappa shape index (κ1) is 22.5. The fourth-order valence-corrected chi connectivity index (χ4v) is 4.23. The molecule has 0 saturated carbocycles. The number of hydrogen-bond acceptors (Lipinski definition) is 5. The summed E-state index contributed by atoms with van der Waals surface area (Å²) < 4.78 is 11.2. The third-order valence-electron chi connectivity index (χ3n) is 6.31. The van der Waals surface area contributed by atoms with Gasteiger partial charge in [0, 0.05) is 50.2 Å². The molecule has 32 heavy (non-hydrogen) atoms. The monoisotopic (exact) mass is 435 g/mol. The van der Waals surface area contributed by atoms with Gasteiger partial charge in [-0.05, 0) is 61.6 Å². The minimum Gasteiger partial charge on any atom is -0.489 e. The topological polar surface area (TPSA) is 54.9 Å². The van der Waals surface area contributed by atoms with Gasteiger partial charge in [0.2, 0.25) is 5.91 Å². The van der Waals surface area contributed by atoms with E-state index >= 15 is 0 Å². The maximum Gasteiger partial charge on any atom is 0.246 e. The summed E-state index contributed by atoms with van der Waals surface area (Å²) in [5.74, 6) is 1.63. The molecule has 0 atom stereocenters. The van der Waals surface area contributed by atoms with Crippen LogP contribution in [0.2, 0.25) is 0 Å². The SMILES string of the molecule is O=C(/C=C/c1ccc(OCc2cccnc2)cc1)N1CCC(CCN2CCOCC2)CC1. The number of likely N-dealkylation sites (tertiary alicyclic amines) is 1. The van der Waals surface area contributed by atoms with Gasteiger partial charge in [-0.25, -0.2) is 0 Å². The first-order valence-corrected chi connectivity index (χ1v) is 11.6. The predicted molar refractivity (Wildman–Crippen MR) is 125 cm³/mol. The highest BCUT2D eigenvalue weighted by molar-refractivity contribution is 5.91. The highest BCUT2D eigenvalue weighted by atomic mass is 16.5. The van der Waals surface area contributed by atoms with E-state index < -0.39 is 0 Å². The standard InChI is InChI=1S/C26H33N3O3/c30-26(29-14-10-23(11-15-29)9-13-28-16-18-31-19-17-28)8-5-22-3-6-25(7-4-22)32-21-24-2-1-12-27-20-24/h1-8,12,20,23H,9-11,13-19,21H2/b8-5+. The number of amides is 1. The Bertz CT molecular complexity index is 856. The summed E-state index contributed by atoms with van der Waals surface area (Å²) >= 11 is 0. The van der Waals surface area contributed by atoms with Crippen molar-refractivity contribution in [3.05, 3.63) is 66.0 Å². The number of ether oxygens (including phenoxy) is 2. The second-order valence-corrected chi connectivity index (χ2v) is 8.56. The van der Waals surface area contributed by atoms with Gasteiger partial charge < -0.3 is 14.4 Å². The van der Waals surface area contributed by atoms with Crippen molar-refractivity contribution < 1.29 is 14.3 Å². The molecule has 2 aliphatic rings. The second kappa shape index (κ2) is 11.8. The van der Waals surface area contributed by atoms with Gasteiger partial charge in [-0.2, -0.15) is 0 Å². The van der Waals surface area contributed by atoms with Crippen molar-refractivity contribution in [1.82, 2.24) is 14.8 Å². The van der Waals surface area contributed by atoms with Crippen LogP contribution in [0, 0.1) is 5.92 Å². The van der Waals surface area contributed by atoms with E-state index in [1.807, 2.05) is 47.4 Å². The Morgan fingerprint density at radius 1 is 1.09 bits per heavy atom. The highest BCUT2D eigenvalue weighted by Gasteiger charge is 2.22. The van der Waals surface area contributed by atoms with Gasteiger partial charge in [0.1, 0.15) is 12.4 Å². The van der Waals surface area contributed by atoms with Gasteiger partial charge >= 0.3 is 0 Å². The van der Waals surface area contributed by atoms with Crippen molar-refractivity contribution in [3.8, 4) is 5.75 Å². The molecule has 2 saturated heterocycles. The molecule has 0 radical (unpaired) electrons. The Balaban J connectivity index is 1.17. The van der Waals surface area contributed by atoms with E-state index in [-0.39, 0.29) is 5.91 Å². The Morgan fingerprint density at radius 3 is 2.59 bits per heavy atom. The van der Waals surface area contributed by atoms with Gasteiger partial charge in [0.05, 0.1) is 13.2 Å². The zero-order valence-electron chi connectivity index (χ0n) is 18.7. The normalized spacial score (nSPS) is 18.2. The Hall–Kier alpha value is -2.70. The van der Waals surface area contributed by atoms with E-state index in [2.05, 4.69) is 9.88 Å². The largest absolute Gasteiger partial charge is 0.489 e. The van der Waals surface area contributed by atoms with Gasteiger partial charge in [-0.15, -0.1) is 0 Å². The molecule has 0 aliphatic carbocycles. The number of piperidine rings is 1. The van der Waals surface area contributed by atoms with E-state index in [4.69, 9.17) is 9.47 Å². The predicted octanol–water partition coefficient (Wildman–Crippen LogP) is 3.63. The van der Waals surface area contributed by atoms with Crippen LogP contribution in [0.15, 0.2) is 54.9 Å². The number of hydrogen-bond donors (Lipinski definition) is 0. The molecule has 6 nitrogen and oxygen atoms in total. The summed E-state index contributed by atoms with van der Waals surface area (Å²) in [4.78, 5) is 21.2. The maximum atomic E-state index is 12.6. The second-order valence-electron chi connectivity index (χ2n) is 8.56. The van der Waals surface area contributed by atoms with E-state index in [1.54, 1.807) is 18.5 Å². The molecule has 0 spiro atoms. The van der Waals surface area contributed by atoms with E-state index in [0.29, 0.717) is 6.61 Å². The lowest BCUT2D eigenvalue weighted by atomic mass is 9.93. The number of rotatable bonds is 8. The molecule has 0 N–H and O–H groups in total. The lowest BCUT2D eigenvalue weighted by molar-refractivity contribution is -0.127. The molecule has 4 rings (SSSR count).